The van der Waals surface area contributed by atoms with Crippen LogP contribution in [-0.2, 0) is 18.3 Å². The van der Waals surface area contributed by atoms with Crippen LogP contribution < -0.4 is 5.43 Å². The second-order valence-electron chi connectivity index (χ2n) is 5.30. The lowest BCUT2D eigenvalue weighted by Crippen LogP contribution is -2.19. The average molecular weight is 342 g/mol. The lowest BCUT2D eigenvalue weighted by Gasteiger charge is -2.03. The molecule has 1 N–H and O–H groups in total. The Kier molecular flexibility index (Phi) is 4.59. The van der Waals surface area contributed by atoms with Crippen molar-refractivity contribution >= 4 is 12.1 Å². The molecule has 128 valence electrons. The maximum Gasteiger partial charge on any atom is 0.244 e. The van der Waals surface area contributed by atoms with Crippen molar-refractivity contribution < 1.29 is 9.18 Å². The van der Waals surface area contributed by atoms with E-state index in [2.05, 4.69) is 31.2 Å². The van der Waals surface area contributed by atoms with Crippen LogP contribution in [0.4, 0.5) is 4.39 Å². The molecule has 9 nitrogen and oxygen atoms in total. The molecule has 0 saturated carbocycles. The van der Waals surface area contributed by atoms with Gasteiger partial charge in [-0.2, -0.15) is 14.6 Å². The van der Waals surface area contributed by atoms with Crippen molar-refractivity contribution in [3.05, 3.63) is 53.4 Å². The highest BCUT2D eigenvalue weighted by Gasteiger charge is 2.10. The van der Waals surface area contributed by atoms with Crippen molar-refractivity contribution in [2.24, 2.45) is 12.1 Å². The topological polar surface area (TPSA) is 103 Å². The second-order valence-corrected chi connectivity index (χ2v) is 5.30. The maximum atomic E-state index is 13.7. The van der Waals surface area contributed by atoms with Gasteiger partial charge in [-0.05, 0) is 35.0 Å². The predicted molar refractivity (Wildman–Crippen MR) is 86.5 cm³/mol. The zero-order chi connectivity index (χ0) is 17.8. The molecule has 0 radical (unpaired) electrons. The Labute approximate surface area is 142 Å². The van der Waals surface area contributed by atoms with Crippen molar-refractivity contribution in [2.45, 2.75) is 13.3 Å². The highest BCUT2D eigenvalue weighted by atomic mass is 19.1. The van der Waals surface area contributed by atoms with Gasteiger partial charge < -0.3 is 0 Å². The molecule has 25 heavy (non-hydrogen) atoms. The van der Waals surface area contributed by atoms with Crippen molar-refractivity contribution in [1.29, 1.82) is 0 Å². The molecule has 0 aliphatic rings. The summed E-state index contributed by atoms with van der Waals surface area (Å²) in [5.41, 5.74) is 4.70. The first kappa shape index (κ1) is 16.4. The number of hydrogen-bond donors (Lipinski definition) is 1. The Morgan fingerprint density at radius 3 is 2.72 bits per heavy atom. The molecule has 0 aliphatic heterocycles. The van der Waals surface area contributed by atoms with E-state index in [9.17, 15) is 9.18 Å². The van der Waals surface area contributed by atoms with Crippen LogP contribution in [0.5, 0.6) is 0 Å². The van der Waals surface area contributed by atoms with E-state index >= 15 is 0 Å². The number of halogens is 1. The maximum absolute atomic E-state index is 13.7. The smallest absolute Gasteiger partial charge is 0.244 e. The molecule has 2 heterocycles. The number of carbonyl (C=O) groups is 1. The van der Waals surface area contributed by atoms with E-state index in [0.29, 0.717) is 5.69 Å². The van der Waals surface area contributed by atoms with E-state index in [1.807, 2.05) is 0 Å². The van der Waals surface area contributed by atoms with E-state index in [4.69, 9.17) is 0 Å². The molecular formula is C15H15FN8O. The Hall–Kier alpha value is -3.43. The van der Waals surface area contributed by atoms with E-state index in [-0.39, 0.29) is 17.9 Å². The van der Waals surface area contributed by atoms with Crippen LogP contribution in [0.25, 0.3) is 5.69 Å². The van der Waals surface area contributed by atoms with Crippen LogP contribution in [-0.4, -0.2) is 42.1 Å². The minimum absolute atomic E-state index is 0.141. The highest BCUT2D eigenvalue weighted by molar-refractivity contribution is 5.84. The van der Waals surface area contributed by atoms with Crippen molar-refractivity contribution in [1.82, 2.24) is 35.4 Å². The monoisotopic (exact) mass is 342 g/mol. The SMILES string of the molecule is Cc1nn(C)c(F)c1/C=N/NC(=O)Cc1ccc(-n2cnnn2)cc1. The van der Waals surface area contributed by atoms with Crippen molar-refractivity contribution in [3.63, 3.8) is 0 Å². The summed E-state index contributed by atoms with van der Waals surface area (Å²) in [5, 5.41) is 18.6. The quantitative estimate of drug-likeness (QED) is 0.538. The van der Waals surface area contributed by atoms with Gasteiger partial charge in [0.15, 0.2) is 0 Å². The number of rotatable bonds is 5. The fourth-order valence-corrected chi connectivity index (χ4v) is 2.23. The lowest BCUT2D eigenvalue weighted by molar-refractivity contribution is -0.120. The Bertz CT molecular complexity index is 899. The highest BCUT2D eigenvalue weighted by Crippen LogP contribution is 2.09. The molecule has 10 heteroatoms. The molecular weight excluding hydrogens is 327 g/mol. The zero-order valence-corrected chi connectivity index (χ0v) is 13.6. The fourth-order valence-electron chi connectivity index (χ4n) is 2.23. The number of nitrogens with zero attached hydrogens (tertiary/aromatic N) is 7. The Morgan fingerprint density at radius 2 is 2.12 bits per heavy atom. The Balaban J connectivity index is 1.58. The molecule has 1 amide bonds. The molecule has 0 atom stereocenters. The molecule has 2 aromatic heterocycles. The number of benzene rings is 1. The minimum Gasteiger partial charge on any atom is -0.273 e. The number of nitrogens with one attached hydrogen (secondary N) is 1. The summed E-state index contributed by atoms with van der Waals surface area (Å²) in [5.74, 6) is -0.818. The fraction of sp³-hybridized carbons (Fsp3) is 0.200. The van der Waals surface area contributed by atoms with Crippen LogP contribution in [0.3, 0.4) is 0 Å². The standard InChI is InChI=1S/C15H15FN8O/c1-10-13(15(16)23(2)20-10)8-17-19-14(25)7-11-3-5-12(6-4-11)24-9-18-21-22-24/h3-6,8-9H,7H2,1-2H3,(H,19,25)/b17-8+. The summed E-state index contributed by atoms with van der Waals surface area (Å²) in [4.78, 5) is 11.9. The molecule has 0 saturated heterocycles. The molecule has 1 aromatic carbocycles. The van der Waals surface area contributed by atoms with Crippen LogP contribution in [0.1, 0.15) is 16.8 Å². The van der Waals surface area contributed by atoms with Crippen molar-refractivity contribution in [2.75, 3.05) is 0 Å². The summed E-state index contributed by atoms with van der Waals surface area (Å²) in [6.07, 6.45) is 2.87. The molecule has 0 bridgehead atoms. The molecule has 3 aromatic rings. The van der Waals surface area contributed by atoms with E-state index < -0.39 is 5.95 Å². The van der Waals surface area contributed by atoms with Crippen molar-refractivity contribution in [3.8, 4) is 5.69 Å². The van der Waals surface area contributed by atoms with Gasteiger partial charge in [0, 0.05) is 7.05 Å². The summed E-state index contributed by atoms with van der Waals surface area (Å²) < 4.78 is 16.4. The van der Waals surface area contributed by atoms with E-state index in [0.717, 1.165) is 15.9 Å². The summed E-state index contributed by atoms with van der Waals surface area (Å²) in [6.45, 7) is 1.67. The molecule has 3 rings (SSSR count). The number of tetrazole rings is 1. The van der Waals surface area contributed by atoms with Gasteiger partial charge >= 0.3 is 0 Å². The number of amides is 1. The van der Waals surface area contributed by atoms with Gasteiger partial charge in [0.1, 0.15) is 6.33 Å². The number of aryl methyl sites for hydroxylation is 2. The first-order chi connectivity index (χ1) is 12.0. The van der Waals surface area contributed by atoms with Crippen LogP contribution in [0.2, 0.25) is 0 Å². The first-order valence-electron chi connectivity index (χ1n) is 7.38. The zero-order valence-electron chi connectivity index (χ0n) is 13.6. The molecule has 0 unspecified atom stereocenters. The number of carbonyl (C=O) groups excluding carboxylic acids is 1. The number of aromatic nitrogens is 6. The van der Waals surface area contributed by atoms with Gasteiger partial charge in [-0.3, -0.25) is 4.79 Å². The molecule has 0 spiro atoms. The third-order valence-corrected chi connectivity index (χ3v) is 3.49. The van der Waals surface area contributed by atoms with Crippen LogP contribution in [0, 0.1) is 12.9 Å². The third kappa shape index (κ3) is 3.74. The van der Waals surface area contributed by atoms with Gasteiger partial charge in [0.2, 0.25) is 11.9 Å². The summed E-state index contributed by atoms with van der Waals surface area (Å²) in [6, 6.07) is 7.20. The van der Waals surface area contributed by atoms with Gasteiger partial charge in [-0.25, -0.2) is 14.8 Å². The van der Waals surface area contributed by atoms with Gasteiger partial charge in [0.25, 0.3) is 0 Å². The molecule has 0 aliphatic carbocycles. The average Bonchev–Trinajstić information content (AvgIpc) is 3.20. The van der Waals surface area contributed by atoms with Crippen LogP contribution in [0.15, 0.2) is 35.7 Å². The Morgan fingerprint density at radius 1 is 1.36 bits per heavy atom. The van der Waals surface area contributed by atoms with Gasteiger partial charge in [-0.15, -0.1) is 5.10 Å². The predicted octanol–water partition coefficient (Wildman–Crippen LogP) is 0.536. The second kappa shape index (κ2) is 6.99. The normalized spacial score (nSPS) is 11.2. The minimum atomic E-state index is -0.506. The largest absolute Gasteiger partial charge is 0.273 e. The number of hydrazone groups is 1. The van der Waals surface area contributed by atoms with Gasteiger partial charge in [-0.1, -0.05) is 12.1 Å². The summed E-state index contributed by atoms with van der Waals surface area (Å²) >= 11 is 0. The van der Waals surface area contributed by atoms with E-state index in [1.165, 1.54) is 24.3 Å². The molecule has 0 fully saturated rings. The van der Waals surface area contributed by atoms with Crippen LogP contribution >= 0.6 is 0 Å². The first-order valence-corrected chi connectivity index (χ1v) is 7.38. The third-order valence-electron chi connectivity index (χ3n) is 3.49. The number of hydrogen-bond acceptors (Lipinski definition) is 6. The van der Waals surface area contributed by atoms with E-state index in [1.54, 1.807) is 31.2 Å². The van der Waals surface area contributed by atoms with Gasteiger partial charge in [0.05, 0.1) is 29.6 Å². The summed E-state index contributed by atoms with van der Waals surface area (Å²) in [7, 11) is 1.50. The lowest BCUT2D eigenvalue weighted by atomic mass is 10.1.